The maximum absolute atomic E-state index is 12.0. The quantitative estimate of drug-likeness (QED) is 0.563. The summed E-state index contributed by atoms with van der Waals surface area (Å²) >= 11 is 3.25. The van der Waals surface area contributed by atoms with Gasteiger partial charge in [-0.25, -0.2) is 0 Å². The van der Waals surface area contributed by atoms with E-state index in [1.807, 2.05) is 0 Å². The van der Waals surface area contributed by atoms with E-state index in [0.717, 1.165) is 0 Å². The van der Waals surface area contributed by atoms with Crippen LogP contribution in [0.5, 0.6) is 11.5 Å². The summed E-state index contributed by atoms with van der Waals surface area (Å²) in [5.41, 5.74) is 1.38. The highest BCUT2D eigenvalue weighted by molar-refractivity contribution is 9.10. The Morgan fingerprint density at radius 2 is 1.96 bits per heavy atom. The second-order valence-electron chi connectivity index (χ2n) is 5.12. The first-order chi connectivity index (χ1) is 11.9. The van der Waals surface area contributed by atoms with Crippen LogP contribution < -0.4 is 14.8 Å². The molecule has 0 heterocycles. The minimum atomic E-state index is -0.404. The third kappa shape index (κ3) is 4.90. The van der Waals surface area contributed by atoms with Crippen molar-refractivity contribution in [1.82, 2.24) is 0 Å². The summed E-state index contributed by atoms with van der Waals surface area (Å²) in [6, 6.07) is 9.69. The largest absolute Gasteiger partial charge is 0.493 e. The number of Topliss-reactive ketones (excluding diaryl/α,β-unsaturated/α-hetero) is 1. The normalized spacial score (nSPS) is 10.0. The molecule has 6 nitrogen and oxygen atoms in total. The Bertz CT molecular complexity index is 819. The third-order valence-electron chi connectivity index (χ3n) is 3.32. The molecule has 2 rings (SSSR count). The summed E-state index contributed by atoms with van der Waals surface area (Å²) in [5.74, 6) is 0.177. The Balaban J connectivity index is 2.06. The van der Waals surface area contributed by atoms with Crippen LogP contribution in [0, 0.1) is 0 Å². The van der Waals surface area contributed by atoms with Crippen molar-refractivity contribution in [3.63, 3.8) is 0 Å². The molecule has 0 radical (unpaired) electrons. The summed E-state index contributed by atoms with van der Waals surface area (Å²) < 4.78 is 11.2. The van der Waals surface area contributed by atoms with Gasteiger partial charge in [0.2, 0.25) is 0 Å². The van der Waals surface area contributed by atoms with E-state index in [0.29, 0.717) is 33.3 Å². The molecule has 0 aliphatic carbocycles. The molecule has 0 unspecified atom stereocenters. The van der Waals surface area contributed by atoms with E-state index in [1.165, 1.54) is 20.1 Å². The summed E-state index contributed by atoms with van der Waals surface area (Å²) in [7, 11) is 1.46. The van der Waals surface area contributed by atoms with E-state index >= 15 is 0 Å². The van der Waals surface area contributed by atoms with Crippen molar-refractivity contribution in [3.05, 3.63) is 52.0 Å². The number of benzene rings is 2. The van der Waals surface area contributed by atoms with E-state index in [9.17, 15) is 14.4 Å². The fourth-order valence-electron chi connectivity index (χ4n) is 2.07. The predicted octanol–water partition coefficient (Wildman–Crippen LogP) is 3.49. The van der Waals surface area contributed by atoms with E-state index < -0.39 is 5.91 Å². The number of aldehydes is 1. The highest BCUT2D eigenvalue weighted by Crippen LogP contribution is 2.32. The van der Waals surface area contributed by atoms with Gasteiger partial charge in [-0.3, -0.25) is 14.4 Å². The number of ketones is 1. The summed E-state index contributed by atoms with van der Waals surface area (Å²) in [4.78, 5) is 34.4. The van der Waals surface area contributed by atoms with Gasteiger partial charge in [0, 0.05) is 21.3 Å². The first-order valence-electron chi connectivity index (χ1n) is 7.31. The van der Waals surface area contributed by atoms with Crippen molar-refractivity contribution in [2.24, 2.45) is 0 Å². The smallest absolute Gasteiger partial charge is 0.262 e. The van der Waals surface area contributed by atoms with Crippen LogP contribution in [-0.4, -0.2) is 31.7 Å². The highest BCUT2D eigenvalue weighted by atomic mass is 79.9. The molecule has 1 amide bonds. The first kappa shape index (κ1) is 18.7. The number of halogens is 1. The number of methoxy groups -OCH3 is 1. The van der Waals surface area contributed by atoms with Crippen LogP contribution in [0.25, 0.3) is 0 Å². The number of anilines is 1. The van der Waals surface area contributed by atoms with Gasteiger partial charge in [0.15, 0.2) is 30.2 Å². The molecule has 0 atom stereocenters. The maximum Gasteiger partial charge on any atom is 0.262 e. The molecule has 0 aliphatic heterocycles. The molecule has 0 aromatic heterocycles. The Morgan fingerprint density at radius 1 is 1.20 bits per heavy atom. The zero-order valence-corrected chi connectivity index (χ0v) is 15.3. The molecule has 0 fully saturated rings. The molecule has 0 saturated heterocycles. The lowest BCUT2D eigenvalue weighted by Gasteiger charge is -2.12. The van der Waals surface area contributed by atoms with Gasteiger partial charge >= 0.3 is 0 Å². The zero-order chi connectivity index (χ0) is 18.4. The van der Waals surface area contributed by atoms with Gasteiger partial charge in [-0.1, -0.05) is 12.1 Å². The van der Waals surface area contributed by atoms with E-state index in [4.69, 9.17) is 9.47 Å². The molecule has 0 aliphatic rings. The van der Waals surface area contributed by atoms with Gasteiger partial charge in [0.1, 0.15) is 0 Å². The molecule has 0 spiro atoms. The Labute approximate surface area is 153 Å². The van der Waals surface area contributed by atoms with E-state index in [2.05, 4.69) is 21.2 Å². The number of ether oxygens (including phenoxy) is 2. The monoisotopic (exact) mass is 405 g/mol. The van der Waals surface area contributed by atoms with E-state index in [-0.39, 0.29) is 18.1 Å². The van der Waals surface area contributed by atoms with E-state index in [1.54, 1.807) is 30.3 Å². The average molecular weight is 406 g/mol. The molecule has 7 heteroatoms. The lowest BCUT2D eigenvalue weighted by Crippen LogP contribution is -2.20. The lowest BCUT2D eigenvalue weighted by atomic mass is 10.1. The fraction of sp³-hybridized carbons (Fsp3) is 0.167. The molecule has 25 heavy (non-hydrogen) atoms. The van der Waals surface area contributed by atoms with Gasteiger partial charge in [0.05, 0.1) is 7.11 Å². The molecular weight excluding hydrogens is 390 g/mol. The SMILES string of the molecule is COc1cc(Br)c(C=O)cc1OCC(=O)Nc1cccc(C(C)=O)c1. The molecule has 130 valence electrons. The third-order valence-corrected chi connectivity index (χ3v) is 4.01. The van der Waals surface area contributed by atoms with Gasteiger partial charge in [-0.05, 0) is 47.1 Å². The van der Waals surface area contributed by atoms with Crippen LogP contribution in [0.3, 0.4) is 0 Å². The van der Waals surface area contributed by atoms with Crippen molar-refractivity contribution >= 4 is 39.6 Å². The lowest BCUT2D eigenvalue weighted by molar-refractivity contribution is -0.118. The number of nitrogens with one attached hydrogen (secondary N) is 1. The van der Waals surface area contributed by atoms with Crippen molar-refractivity contribution < 1.29 is 23.9 Å². The van der Waals surface area contributed by atoms with Crippen molar-refractivity contribution in [2.45, 2.75) is 6.92 Å². The fourth-order valence-corrected chi connectivity index (χ4v) is 2.49. The number of carbonyl (C=O) groups is 3. The van der Waals surface area contributed by atoms with Gasteiger partial charge < -0.3 is 14.8 Å². The van der Waals surface area contributed by atoms with Crippen LogP contribution in [0.4, 0.5) is 5.69 Å². The maximum atomic E-state index is 12.0. The number of hydrogen-bond acceptors (Lipinski definition) is 5. The Kier molecular flexibility index (Phi) is 6.30. The Morgan fingerprint density at radius 3 is 2.60 bits per heavy atom. The molecule has 0 bridgehead atoms. The summed E-state index contributed by atoms with van der Waals surface area (Å²) in [6.07, 6.45) is 0.670. The molecule has 2 aromatic carbocycles. The van der Waals surface area contributed by atoms with Crippen molar-refractivity contribution in [3.8, 4) is 11.5 Å². The minimum absolute atomic E-state index is 0.0895. The minimum Gasteiger partial charge on any atom is -0.493 e. The second kappa shape index (κ2) is 8.43. The van der Waals surface area contributed by atoms with Crippen LogP contribution >= 0.6 is 15.9 Å². The van der Waals surface area contributed by atoms with Crippen LogP contribution in [0.15, 0.2) is 40.9 Å². The van der Waals surface area contributed by atoms with Crippen LogP contribution in [0.1, 0.15) is 27.6 Å². The molecular formula is C18H16BrNO5. The summed E-state index contributed by atoms with van der Waals surface area (Å²) in [6.45, 7) is 1.18. The molecule has 0 saturated carbocycles. The Hall–Kier alpha value is -2.67. The zero-order valence-electron chi connectivity index (χ0n) is 13.7. The standard InChI is InChI=1S/C18H16BrNO5/c1-11(22)12-4-3-5-14(6-12)20-18(23)10-25-17-7-13(9-21)15(19)8-16(17)24-2/h3-9H,10H2,1-2H3,(H,20,23). The van der Waals surface area contributed by atoms with Gasteiger partial charge in [0.25, 0.3) is 5.91 Å². The molecule has 2 aromatic rings. The average Bonchev–Trinajstić information content (AvgIpc) is 2.60. The number of carbonyl (C=O) groups excluding carboxylic acids is 3. The van der Waals surface area contributed by atoms with Crippen molar-refractivity contribution in [2.75, 3.05) is 19.0 Å². The highest BCUT2D eigenvalue weighted by Gasteiger charge is 2.12. The molecule has 1 N–H and O–H groups in total. The first-order valence-corrected chi connectivity index (χ1v) is 8.10. The van der Waals surface area contributed by atoms with Crippen molar-refractivity contribution in [1.29, 1.82) is 0 Å². The van der Waals surface area contributed by atoms with Gasteiger partial charge in [-0.15, -0.1) is 0 Å². The second-order valence-corrected chi connectivity index (χ2v) is 5.97. The van der Waals surface area contributed by atoms with Gasteiger partial charge in [-0.2, -0.15) is 0 Å². The van der Waals surface area contributed by atoms with Crippen LogP contribution in [-0.2, 0) is 4.79 Å². The topological polar surface area (TPSA) is 81.7 Å². The number of amides is 1. The number of hydrogen-bond donors (Lipinski definition) is 1. The summed E-state index contributed by atoms with van der Waals surface area (Å²) in [5, 5.41) is 2.65. The predicted molar refractivity (Wildman–Crippen MR) is 96.7 cm³/mol. The van der Waals surface area contributed by atoms with Crippen LogP contribution in [0.2, 0.25) is 0 Å². The number of rotatable bonds is 7.